The molecule has 0 bridgehead atoms. The van der Waals surface area contributed by atoms with E-state index in [2.05, 4.69) is 0 Å². The molecule has 0 unspecified atom stereocenters. The van der Waals surface area contributed by atoms with Crippen molar-refractivity contribution < 1.29 is 22.7 Å². The lowest BCUT2D eigenvalue weighted by Crippen LogP contribution is -2.45. The fourth-order valence-electron chi connectivity index (χ4n) is 4.03. The number of benzene rings is 1. The quantitative estimate of drug-likeness (QED) is 0.676. The SMILES string of the molecule is CN(C(=O)CN(c1ccc(C(=O)N2CCOCC2)cc1)S(C)(=O)=O)C1CCCCC1. The smallest absolute Gasteiger partial charge is 0.254 e. The number of carbonyl (C=O) groups excluding carboxylic acids is 2. The zero-order chi connectivity index (χ0) is 21.7. The van der Waals surface area contributed by atoms with Crippen LogP contribution >= 0.6 is 0 Å². The van der Waals surface area contributed by atoms with Gasteiger partial charge < -0.3 is 14.5 Å². The molecule has 1 aromatic rings. The molecule has 8 nitrogen and oxygen atoms in total. The Balaban J connectivity index is 1.72. The van der Waals surface area contributed by atoms with Gasteiger partial charge in [0.1, 0.15) is 6.54 Å². The van der Waals surface area contributed by atoms with Gasteiger partial charge in [0.05, 0.1) is 25.2 Å². The molecule has 2 aliphatic rings. The van der Waals surface area contributed by atoms with Crippen LogP contribution in [0.4, 0.5) is 5.69 Å². The first-order chi connectivity index (χ1) is 14.3. The normalized spacial score (nSPS) is 18.1. The fraction of sp³-hybridized carbons (Fsp3) is 0.619. The average Bonchev–Trinajstić information content (AvgIpc) is 2.77. The molecular weight excluding hydrogens is 406 g/mol. The van der Waals surface area contributed by atoms with Crippen LogP contribution in [-0.2, 0) is 19.6 Å². The third kappa shape index (κ3) is 5.51. The van der Waals surface area contributed by atoms with Gasteiger partial charge in [0.15, 0.2) is 0 Å². The molecule has 1 aliphatic carbocycles. The van der Waals surface area contributed by atoms with Crippen molar-refractivity contribution >= 4 is 27.5 Å². The summed E-state index contributed by atoms with van der Waals surface area (Å²) in [6, 6.07) is 6.56. The van der Waals surface area contributed by atoms with Crippen molar-refractivity contribution in [2.75, 3.05) is 50.5 Å². The average molecular weight is 438 g/mol. The van der Waals surface area contributed by atoms with E-state index < -0.39 is 10.0 Å². The molecule has 1 aliphatic heterocycles. The number of carbonyl (C=O) groups is 2. The summed E-state index contributed by atoms with van der Waals surface area (Å²) in [7, 11) is -1.90. The summed E-state index contributed by atoms with van der Waals surface area (Å²) in [5.41, 5.74) is 0.862. The van der Waals surface area contributed by atoms with Crippen LogP contribution in [0.1, 0.15) is 42.5 Å². The Hall–Kier alpha value is -2.13. The second kappa shape index (κ2) is 9.78. The Morgan fingerprint density at radius 3 is 2.23 bits per heavy atom. The largest absolute Gasteiger partial charge is 0.378 e. The zero-order valence-corrected chi connectivity index (χ0v) is 18.6. The van der Waals surface area contributed by atoms with E-state index in [0.717, 1.165) is 36.2 Å². The zero-order valence-electron chi connectivity index (χ0n) is 17.7. The number of ether oxygens (including phenoxy) is 1. The van der Waals surface area contributed by atoms with Crippen LogP contribution in [0.3, 0.4) is 0 Å². The maximum Gasteiger partial charge on any atom is 0.254 e. The molecule has 1 aromatic carbocycles. The Labute approximate surface area is 178 Å². The highest BCUT2D eigenvalue weighted by atomic mass is 32.2. The molecule has 0 spiro atoms. The summed E-state index contributed by atoms with van der Waals surface area (Å²) in [4.78, 5) is 28.8. The summed E-state index contributed by atoms with van der Waals surface area (Å²) >= 11 is 0. The Morgan fingerprint density at radius 2 is 1.67 bits per heavy atom. The second-order valence-electron chi connectivity index (χ2n) is 8.02. The molecule has 3 rings (SSSR count). The third-order valence-electron chi connectivity index (χ3n) is 5.90. The number of sulfonamides is 1. The minimum absolute atomic E-state index is 0.108. The van der Waals surface area contributed by atoms with Crippen molar-refractivity contribution in [2.45, 2.75) is 38.1 Å². The first-order valence-corrected chi connectivity index (χ1v) is 12.3. The molecule has 166 valence electrons. The minimum Gasteiger partial charge on any atom is -0.378 e. The van der Waals surface area contributed by atoms with E-state index in [1.807, 2.05) is 0 Å². The van der Waals surface area contributed by atoms with Crippen molar-refractivity contribution in [2.24, 2.45) is 0 Å². The van der Waals surface area contributed by atoms with Crippen molar-refractivity contribution in [1.29, 1.82) is 0 Å². The van der Waals surface area contributed by atoms with E-state index in [-0.39, 0.29) is 24.4 Å². The summed E-state index contributed by atoms with van der Waals surface area (Å²) in [5.74, 6) is -0.329. The van der Waals surface area contributed by atoms with Gasteiger partial charge in [-0.25, -0.2) is 8.42 Å². The van der Waals surface area contributed by atoms with Gasteiger partial charge in [-0.2, -0.15) is 0 Å². The summed E-state index contributed by atoms with van der Waals surface area (Å²) in [5, 5.41) is 0. The number of likely N-dealkylation sites (N-methyl/N-ethyl adjacent to an activating group) is 1. The van der Waals surface area contributed by atoms with Gasteiger partial charge in [-0.1, -0.05) is 19.3 Å². The van der Waals surface area contributed by atoms with E-state index in [4.69, 9.17) is 4.74 Å². The second-order valence-corrected chi connectivity index (χ2v) is 9.92. The standard InChI is InChI=1S/C21H31N3O5S/c1-22(18-6-4-3-5-7-18)20(25)16-24(30(2,27)28)19-10-8-17(9-11-19)21(26)23-12-14-29-15-13-23/h8-11,18H,3-7,12-16H2,1-2H3. The van der Waals surface area contributed by atoms with E-state index in [1.54, 1.807) is 41.1 Å². The lowest BCUT2D eigenvalue weighted by Gasteiger charge is -2.33. The van der Waals surface area contributed by atoms with Gasteiger partial charge in [0.2, 0.25) is 15.9 Å². The highest BCUT2D eigenvalue weighted by Crippen LogP contribution is 2.23. The highest BCUT2D eigenvalue weighted by Gasteiger charge is 2.27. The Bertz CT molecular complexity index is 844. The van der Waals surface area contributed by atoms with E-state index >= 15 is 0 Å². The summed E-state index contributed by atoms with van der Waals surface area (Å²) in [6.07, 6.45) is 6.38. The van der Waals surface area contributed by atoms with E-state index in [9.17, 15) is 18.0 Å². The van der Waals surface area contributed by atoms with Gasteiger partial charge in [-0.05, 0) is 37.1 Å². The first kappa shape index (κ1) is 22.6. The molecule has 1 saturated carbocycles. The monoisotopic (exact) mass is 437 g/mol. The van der Waals surface area contributed by atoms with Gasteiger partial charge in [-0.3, -0.25) is 13.9 Å². The maximum atomic E-state index is 12.8. The minimum atomic E-state index is -3.66. The Morgan fingerprint density at radius 1 is 1.07 bits per heavy atom. The molecular formula is C21H31N3O5S. The highest BCUT2D eigenvalue weighted by molar-refractivity contribution is 7.92. The number of nitrogens with zero attached hydrogens (tertiary/aromatic N) is 3. The van der Waals surface area contributed by atoms with Crippen LogP contribution in [0.25, 0.3) is 0 Å². The fourth-order valence-corrected chi connectivity index (χ4v) is 4.88. The predicted octanol–water partition coefficient (Wildman–Crippen LogP) is 1.72. The molecule has 2 fully saturated rings. The molecule has 1 saturated heterocycles. The topological polar surface area (TPSA) is 87.2 Å². The third-order valence-corrected chi connectivity index (χ3v) is 7.04. The van der Waals surface area contributed by atoms with Crippen molar-refractivity contribution in [1.82, 2.24) is 9.80 Å². The van der Waals surface area contributed by atoms with Crippen molar-refractivity contribution in [3.8, 4) is 0 Å². The number of amides is 2. The number of hydrogen-bond donors (Lipinski definition) is 0. The van der Waals surface area contributed by atoms with Crippen LogP contribution in [0.5, 0.6) is 0 Å². The van der Waals surface area contributed by atoms with Crippen LogP contribution < -0.4 is 4.31 Å². The molecule has 2 amide bonds. The molecule has 0 atom stereocenters. The number of anilines is 1. The molecule has 0 N–H and O–H groups in total. The lowest BCUT2D eigenvalue weighted by atomic mass is 9.94. The molecule has 0 aromatic heterocycles. The van der Waals surface area contributed by atoms with Crippen LogP contribution in [0, 0.1) is 0 Å². The van der Waals surface area contributed by atoms with Gasteiger partial charge in [0, 0.05) is 31.7 Å². The van der Waals surface area contributed by atoms with Gasteiger partial charge in [-0.15, -0.1) is 0 Å². The van der Waals surface area contributed by atoms with Crippen LogP contribution in [0.2, 0.25) is 0 Å². The molecule has 9 heteroatoms. The van der Waals surface area contributed by atoms with Crippen molar-refractivity contribution in [3.63, 3.8) is 0 Å². The maximum absolute atomic E-state index is 12.8. The summed E-state index contributed by atoms with van der Waals surface area (Å²) in [6.45, 7) is 1.86. The molecule has 1 heterocycles. The first-order valence-electron chi connectivity index (χ1n) is 10.5. The molecule has 0 radical (unpaired) electrons. The van der Waals surface area contributed by atoms with Gasteiger partial charge >= 0.3 is 0 Å². The van der Waals surface area contributed by atoms with E-state index in [0.29, 0.717) is 37.6 Å². The van der Waals surface area contributed by atoms with Crippen LogP contribution in [0.15, 0.2) is 24.3 Å². The van der Waals surface area contributed by atoms with Gasteiger partial charge in [0.25, 0.3) is 5.91 Å². The van der Waals surface area contributed by atoms with E-state index in [1.165, 1.54) is 6.42 Å². The summed E-state index contributed by atoms with van der Waals surface area (Å²) < 4.78 is 31.2. The predicted molar refractivity (Wildman–Crippen MR) is 115 cm³/mol. The number of hydrogen-bond acceptors (Lipinski definition) is 5. The van der Waals surface area contributed by atoms with Crippen molar-refractivity contribution in [3.05, 3.63) is 29.8 Å². The number of morpholine rings is 1. The lowest BCUT2D eigenvalue weighted by molar-refractivity contribution is -0.130. The number of rotatable bonds is 6. The molecule has 30 heavy (non-hydrogen) atoms. The Kier molecular flexibility index (Phi) is 7.36. The van der Waals surface area contributed by atoms with Crippen LogP contribution in [-0.4, -0.2) is 82.2 Å².